The van der Waals surface area contributed by atoms with Gasteiger partial charge in [0.2, 0.25) is 0 Å². The summed E-state index contributed by atoms with van der Waals surface area (Å²) in [6.45, 7) is 0.602. The minimum absolute atomic E-state index is 0.255. The highest BCUT2D eigenvalue weighted by atomic mass is 35.5. The summed E-state index contributed by atoms with van der Waals surface area (Å²) in [4.78, 5) is 4.72. The van der Waals surface area contributed by atoms with E-state index in [-0.39, 0.29) is 5.82 Å². The molecule has 0 saturated carbocycles. The minimum Gasteiger partial charge on any atom is -0.316 e. The Bertz CT molecular complexity index is 548. The molecule has 5 heteroatoms. The summed E-state index contributed by atoms with van der Waals surface area (Å²) in [5, 5.41) is 4.16. The van der Waals surface area contributed by atoms with E-state index in [1.807, 2.05) is 13.1 Å². The van der Waals surface area contributed by atoms with Crippen molar-refractivity contribution in [2.45, 2.75) is 16.5 Å². The smallest absolute Gasteiger partial charge is 0.137 e. The lowest BCUT2D eigenvalue weighted by Crippen LogP contribution is -2.07. The maximum atomic E-state index is 13.9. The number of aromatic nitrogens is 1. The molecular formula is C13H12ClFN2S. The molecule has 1 heterocycles. The Kier molecular flexibility index (Phi) is 4.58. The number of nitrogens with one attached hydrogen (secondary N) is 1. The van der Waals surface area contributed by atoms with Crippen molar-refractivity contribution in [2.75, 3.05) is 7.05 Å². The van der Waals surface area contributed by atoms with Crippen LogP contribution in [0.25, 0.3) is 0 Å². The van der Waals surface area contributed by atoms with Gasteiger partial charge in [-0.2, -0.15) is 0 Å². The van der Waals surface area contributed by atoms with Crippen LogP contribution in [-0.4, -0.2) is 12.0 Å². The molecule has 2 nitrogen and oxygen atoms in total. The molecule has 0 fully saturated rings. The van der Waals surface area contributed by atoms with Crippen LogP contribution in [0.1, 0.15) is 5.56 Å². The number of pyridine rings is 1. The lowest BCUT2D eigenvalue weighted by atomic mass is 10.2. The molecule has 0 aliphatic carbocycles. The van der Waals surface area contributed by atoms with Crippen molar-refractivity contribution in [3.8, 4) is 0 Å². The fourth-order valence-electron chi connectivity index (χ4n) is 1.54. The quantitative estimate of drug-likeness (QED) is 0.925. The Morgan fingerprint density at radius 1 is 1.33 bits per heavy atom. The fourth-order valence-corrected chi connectivity index (χ4v) is 2.69. The van der Waals surface area contributed by atoms with Crippen molar-refractivity contribution >= 4 is 23.4 Å². The average Bonchev–Trinajstić information content (AvgIpc) is 2.36. The lowest BCUT2D eigenvalue weighted by Gasteiger charge is -2.10. The molecule has 1 aromatic heterocycles. The second-order valence-electron chi connectivity index (χ2n) is 3.65. The van der Waals surface area contributed by atoms with Crippen LogP contribution in [0.5, 0.6) is 0 Å². The van der Waals surface area contributed by atoms with Gasteiger partial charge in [0, 0.05) is 12.7 Å². The second kappa shape index (κ2) is 6.18. The van der Waals surface area contributed by atoms with Crippen LogP contribution in [0.3, 0.4) is 0 Å². The van der Waals surface area contributed by atoms with Crippen LogP contribution in [0.15, 0.2) is 46.5 Å². The Labute approximate surface area is 115 Å². The largest absolute Gasteiger partial charge is 0.316 e. The predicted octanol–water partition coefficient (Wildman–Crippen LogP) is 3.74. The Hall–Kier alpha value is -1.10. The molecule has 1 N–H and O–H groups in total. The standard InChI is InChI=1S/C13H12ClFN2S/c1-16-8-9-4-2-6-11(15)12(9)18-13-10(14)5-3-7-17-13/h2-7,16H,8H2,1H3. The molecule has 0 bridgehead atoms. The van der Waals surface area contributed by atoms with Crippen molar-refractivity contribution in [3.05, 3.63) is 52.9 Å². The summed E-state index contributed by atoms with van der Waals surface area (Å²) in [6.07, 6.45) is 1.65. The molecule has 0 radical (unpaired) electrons. The first-order valence-electron chi connectivity index (χ1n) is 5.42. The first-order chi connectivity index (χ1) is 8.72. The molecule has 0 saturated heterocycles. The number of rotatable bonds is 4. The Morgan fingerprint density at radius 2 is 2.17 bits per heavy atom. The summed E-state index contributed by atoms with van der Waals surface area (Å²) >= 11 is 7.28. The van der Waals surface area contributed by atoms with E-state index >= 15 is 0 Å². The van der Waals surface area contributed by atoms with Crippen LogP contribution in [0.2, 0.25) is 5.02 Å². The number of benzene rings is 1. The fraction of sp³-hybridized carbons (Fsp3) is 0.154. The summed E-state index contributed by atoms with van der Waals surface area (Å²) in [5.74, 6) is -0.255. The topological polar surface area (TPSA) is 24.9 Å². The van der Waals surface area contributed by atoms with Crippen LogP contribution in [-0.2, 0) is 6.54 Å². The van der Waals surface area contributed by atoms with Crippen molar-refractivity contribution in [1.82, 2.24) is 10.3 Å². The third-order valence-electron chi connectivity index (χ3n) is 2.34. The number of hydrogen-bond acceptors (Lipinski definition) is 3. The van der Waals surface area contributed by atoms with E-state index in [9.17, 15) is 4.39 Å². The highest BCUT2D eigenvalue weighted by molar-refractivity contribution is 7.99. The van der Waals surface area contributed by atoms with Gasteiger partial charge in [-0.1, -0.05) is 35.5 Å². The van der Waals surface area contributed by atoms with Gasteiger partial charge < -0.3 is 5.32 Å². The number of hydrogen-bond donors (Lipinski definition) is 1. The van der Waals surface area contributed by atoms with Gasteiger partial charge in [0.15, 0.2) is 0 Å². The SMILES string of the molecule is CNCc1cccc(F)c1Sc1ncccc1Cl. The van der Waals surface area contributed by atoms with Gasteiger partial charge in [-0.15, -0.1) is 0 Å². The summed E-state index contributed by atoms with van der Waals surface area (Å²) in [7, 11) is 1.83. The molecule has 0 unspecified atom stereocenters. The van der Waals surface area contributed by atoms with E-state index < -0.39 is 0 Å². The van der Waals surface area contributed by atoms with Gasteiger partial charge >= 0.3 is 0 Å². The zero-order chi connectivity index (χ0) is 13.0. The first kappa shape index (κ1) is 13.3. The van der Waals surface area contributed by atoms with Crippen LogP contribution >= 0.6 is 23.4 Å². The Balaban J connectivity index is 2.36. The highest BCUT2D eigenvalue weighted by Gasteiger charge is 2.12. The van der Waals surface area contributed by atoms with Crippen molar-refractivity contribution in [3.63, 3.8) is 0 Å². The summed E-state index contributed by atoms with van der Waals surface area (Å²) in [6, 6.07) is 8.53. The molecule has 0 amide bonds. The Morgan fingerprint density at radius 3 is 2.89 bits per heavy atom. The highest BCUT2D eigenvalue weighted by Crippen LogP contribution is 2.35. The first-order valence-corrected chi connectivity index (χ1v) is 6.62. The normalized spacial score (nSPS) is 10.6. The van der Waals surface area contributed by atoms with E-state index in [1.54, 1.807) is 24.4 Å². The summed E-state index contributed by atoms with van der Waals surface area (Å²) < 4.78 is 13.9. The molecule has 94 valence electrons. The van der Waals surface area contributed by atoms with Gasteiger partial charge in [-0.25, -0.2) is 9.37 Å². The van der Waals surface area contributed by atoms with Crippen molar-refractivity contribution in [1.29, 1.82) is 0 Å². The predicted molar refractivity (Wildman–Crippen MR) is 72.5 cm³/mol. The van der Waals surface area contributed by atoms with Gasteiger partial charge in [0.1, 0.15) is 10.8 Å². The third kappa shape index (κ3) is 3.02. The molecule has 0 aliphatic heterocycles. The zero-order valence-electron chi connectivity index (χ0n) is 9.78. The van der Waals surface area contributed by atoms with Crippen LogP contribution in [0, 0.1) is 5.82 Å². The van der Waals surface area contributed by atoms with Crippen LogP contribution < -0.4 is 5.32 Å². The second-order valence-corrected chi connectivity index (χ2v) is 5.06. The van der Waals surface area contributed by atoms with E-state index in [2.05, 4.69) is 10.3 Å². The molecule has 0 atom stereocenters. The van der Waals surface area contributed by atoms with Crippen LogP contribution in [0.4, 0.5) is 4.39 Å². The number of nitrogens with zero attached hydrogens (tertiary/aromatic N) is 1. The van der Waals surface area contributed by atoms with Gasteiger partial charge in [0.05, 0.1) is 9.92 Å². The zero-order valence-corrected chi connectivity index (χ0v) is 11.4. The van der Waals surface area contributed by atoms with Gasteiger partial charge in [-0.3, -0.25) is 0 Å². The molecule has 2 rings (SSSR count). The average molecular weight is 283 g/mol. The van der Waals surface area contributed by atoms with Crippen molar-refractivity contribution in [2.24, 2.45) is 0 Å². The molecule has 18 heavy (non-hydrogen) atoms. The van der Waals surface area contributed by atoms with E-state index in [0.717, 1.165) is 5.56 Å². The molecule has 0 spiro atoms. The monoisotopic (exact) mass is 282 g/mol. The molecular weight excluding hydrogens is 271 g/mol. The van der Waals surface area contributed by atoms with Crippen molar-refractivity contribution < 1.29 is 4.39 Å². The minimum atomic E-state index is -0.255. The summed E-state index contributed by atoms with van der Waals surface area (Å²) in [5.41, 5.74) is 0.893. The number of halogens is 2. The molecule has 0 aliphatic rings. The van der Waals surface area contributed by atoms with E-state index in [0.29, 0.717) is 21.5 Å². The van der Waals surface area contributed by atoms with Gasteiger partial charge in [0.25, 0.3) is 0 Å². The maximum Gasteiger partial charge on any atom is 0.137 e. The van der Waals surface area contributed by atoms with Gasteiger partial charge in [-0.05, 0) is 30.8 Å². The van der Waals surface area contributed by atoms with E-state index in [1.165, 1.54) is 17.8 Å². The van der Waals surface area contributed by atoms with E-state index in [4.69, 9.17) is 11.6 Å². The molecule has 2 aromatic rings. The lowest BCUT2D eigenvalue weighted by molar-refractivity contribution is 0.594. The maximum absolute atomic E-state index is 13.9. The molecule has 1 aromatic carbocycles. The third-order valence-corrected chi connectivity index (χ3v) is 3.94.